The van der Waals surface area contributed by atoms with Crippen LogP contribution >= 0.6 is 0 Å². The molecular weight excluding hydrogens is 370 g/mol. The molecule has 1 aromatic rings. The number of sulfone groups is 1. The van der Waals surface area contributed by atoms with Gasteiger partial charge in [-0.15, -0.1) is 0 Å². The Morgan fingerprint density at radius 3 is 2.70 bits per heavy atom. The van der Waals surface area contributed by atoms with Gasteiger partial charge in [0.1, 0.15) is 5.60 Å². The SMILES string of the molecule is O=C(Cc1ccccn1)N1CC2(C1)CS(=O)(=O)[C@@H](CN1CCOCC1)CO2. The van der Waals surface area contributed by atoms with Crippen molar-refractivity contribution in [1.82, 2.24) is 14.8 Å². The Hall–Kier alpha value is -1.55. The zero-order chi connectivity index (χ0) is 18.9. The molecule has 3 aliphatic heterocycles. The van der Waals surface area contributed by atoms with Crippen molar-refractivity contribution in [3.8, 4) is 0 Å². The van der Waals surface area contributed by atoms with Gasteiger partial charge in [-0.2, -0.15) is 0 Å². The lowest BCUT2D eigenvalue weighted by Crippen LogP contribution is -2.71. The van der Waals surface area contributed by atoms with E-state index in [0.717, 1.165) is 13.1 Å². The molecule has 0 unspecified atom stereocenters. The summed E-state index contributed by atoms with van der Waals surface area (Å²) in [5.74, 6) is -0.0571. The highest BCUT2D eigenvalue weighted by Crippen LogP contribution is 2.33. The van der Waals surface area contributed by atoms with E-state index >= 15 is 0 Å². The van der Waals surface area contributed by atoms with Crippen LogP contribution in [0.25, 0.3) is 0 Å². The number of pyridine rings is 1. The van der Waals surface area contributed by atoms with E-state index in [1.807, 2.05) is 12.1 Å². The Balaban J connectivity index is 1.31. The molecule has 0 bridgehead atoms. The second-order valence-corrected chi connectivity index (χ2v) is 9.86. The maximum absolute atomic E-state index is 12.8. The molecular formula is C18H25N3O5S. The van der Waals surface area contributed by atoms with Crippen LogP contribution in [0, 0.1) is 0 Å². The average molecular weight is 395 g/mol. The first-order valence-corrected chi connectivity index (χ1v) is 11.0. The zero-order valence-corrected chi connectivity index (χ0v) is 16.1. The number of nitrogens with zero attached hydrogens (tertiary/aromatic N) is 3. The summed E-state index contributed by atoms with van der Waals surface area (Å²) in [5.41, 5.74) is -0.0219. The standard InChI is InChI=1S/C18H25N3O5S/c22-17(9-15-3-1-2-4-19-15)21-12-18(13-21)14-27(23,24)16(11-26-18)10-20-5-7-25-8-6-20/h1-4,16H,5-14H2/t16-/m0/s1. The molecule has 8 nitrogen and oxygen atoms in total. The molecule has 9 heteroatoms. The summed E-state index contributed by atoms with van der Waals surface area (Å²) in [4.78, 5) is 20.3. The minimum atomic E-state index is -3.26. The molecule has 1 amide bonds. The Kier molecular flexibility index (Phi) is 5.19. The van der Waals surface area contributed by atoms with Crippen LogP contribution in [0.3, 0.4) is 0 Å². The fourth-order valence-corrected chi connectivity index (χ4v) is 5.86. The maximum Gasteiger partial charge on any atom is 0.228 e. The summed E-state index contributed by atoms with van der Waals surface area (Å²) in [5, 5.41) is -0.500. The Labute approximate surface area is 159 Å². The Morgan fingerprint density at radius 1 is 1.26 bits per heavy atom. The Morgan fingerprint density at radius 2 is 2.04 bits per heavy atom. The molecule has 4 heterocycles. The minimum Gasteiger partial charge on any atom is -0.379 e. The third-order valence-electron chi connectivity index (χ3n) is 5.48. The molecule has 0 saturated carbocycles. The van der Waals surface area contributed by atoms with E-state index < -0.39 is 20.7 Å². The number of likely N-dealkylation sites (tertiary alicyclic amines) is 1. The van der Waals surface area contributed by atoms with Crippen LogP contribution in [0.5, 0.6) is 0 Å². The lowest BCUT2D eigenvalue weighted by molar-refractivity contribution is -0.164. The van der Waals surface area contributed by atoms with Crippen LogP contribution in [0.15, 0.2) is 24.4 Å². The number of rotatable bonds is 4. The Bertz CT molecular complexity index is 773. The van der Waals surface area contributed by atoms with Gasteiger partial charge >= 0.3 is 0 Å². The van der Waals surface area contributed by atoms with Crippen LogP contribution in [0.2, 0.25) is 0 Å². The number of ether oxygens (including phenoxy) is 2. The van der Waals surface area contributed by atoms with E-state index in [9.17, 15) is 13.2 Å². The van der Waals surface area contributed by atoms with Crippen LogP contribution in [-0.4, -0.2) is 98.3 Å². The van der Waals surface area contributed by atoms with Crippen LogP contribution < -0.4 is 0 Å². The maximum atomic E-state index is 12.8. The molecule has 1 aromatic heterocycles. The topological polar surface area (TPSA) is 89.0 Å². The summed E-state index contributed by atoms with van der Waals surface area (Å²) in [6, 6.07) is 5.46. The fourth-order valence-electron chi connectivity index (χ4n) is 3.92. The molecule has 1 spiro atoms. The first kappa shape index (κ1) is 18.8. The number of aromatic nitrogens is 1. The van der Waals surface area contributed by atoms with Crippen LogP contribution in [0.4, 0.5) is 0 Å². The predicted molar refractivity (Wildman–Crippen MR) is 98.0 cm³/mol. The largest absolute Gasteiger partial charge is 0.379 e. The van der Waals surface area contributed by atoms with E-state index in [2.05, 4.69) is 9.88 Å². The number of carbonyl (C=O) groups excluding carboxylic acids is 1. The monoisotopic (exact) mass is 395 g/mol. The third-order valence-corrected chi connectivity index (χ3v) is 7.71. The fraction of sp³-hybridized carbons (Fsp3) is 0.667. The van der Waals surface area contributed by atoms with Crippen LogP contribution in [0.1, 0.15) is 5.69 Å². The second kappa shape index (κ2) is 7.46. The van der Waals surface area contributed by atoms with Crippen molar-refractivity contribution in [2.45, 2.75) is 17.3 Å². The molecule has 0 N–H and O–H groups in total. The van der Waals surface area contributed by atoms with E-state index in [4.69, 9.17) is 9.47 Å². The smallest absolute Gasteiger partial charge is 0.228 e. The summed E-state index contributed by atoms with van der Waals surface area (Å²) in [6.45, 7) is 4.16. The lowest BCUT2D eigenvalue weighted by atomic mass is 9.95. The van der Waals surface area contributed by atoms with Gasteiger partial charge in [-0.05, 0) is 12.1 Å². The van der Waals surface area contributed by atoms with E-state index in [0.29, 0.717) is 38.5 Å². The average Bonchev–Trinajstić information content (AvgIpc) is 2.63. The number of hydrogen-bond donors (Lipinski definition) is 0. The van der Waals surface area contributed by atoms with E-state index in [-0.39, 0.29) is 24.7 Å². The number of morpholine rings is 1. The van der Waals surface area contributed by atoms with Gasteiger partial charge < -0.3 is 14.4 Å². The van der Waals surface area contributed by atoms with Crippen molar-refractivity contribution < 1.29 is 22.7 Å². The van der Waals surface area contributed by atoms with Gasteiger partial charge in [0.2, 0.25) is 5.91 Å². The van der Waals surface area contributed by atoms with Gasteiger partial charge in [-0.25, -0.2) is 8.42 Å². The van der Waals surface area contributed by atoms with Crippen molar-refractivity contribution in [1.29, 1.82) is 0 Å². The highest BCUT2D eigenvalue weighted by molar-refractivity contribution is 7.92. The van der Waals surface area contributed by atoms with Gasteiger partial charge in [-0.1, -0.05) is 6.07 Å². The van der Waals surface area contributed by atoms with Crippen molar-refractivity contribution in [3.63, 3.8) is 0 Å². The van der Waals surface area contributed by atoms with Crippen molar-refractivity contribution >= 4 is 15.7 Å². The lowest BCUT2D eigenvalue weighted by Gasteiger charge is -2.52. The molecule has 0 aliphatic carbocycles. The number of amides is 1. The predicted octanol–water partition coefficient (Wildman–Crippen LogP) is -0.649. The molecule has 0 aromatic carbocycles. The third kappa shape index (κ3) is 4.16. The summed E-state index contributed by atoms with van der Waals surface area (Å²) in [7, 11) is -3.26. The molecule has 3 fully saturated rings. The molecule has 3 aliphatic rings. The van der Waals surface area contributed by atoms with E-state index in [1.54, 1.807) is 17.2 Å². The second-order valence-electron chi connectivity index (χ2n) is 7.58. The first-order valence-electron chi connectivity index (χ1n) is 9.29. The van der Waals surface area contributed by atoms with Gasteiger partial charge in [0.15, 0.2) is 9.84 Å². The number of hydrogen-bond acceptors (Lipinski definition) is 7. The molecule has 0 radical (unpaired) electrons. The normalized spacial score (nSPS) is 27.3. The highest BCUT2D eigenvalue weighted by Gasteiger charge is 2.53. The molecule has 3 saturated heterocycles. The van der Waals surface area contributed by atoms with Gasteiger partial charge in [0, 0.05) is 31.5 Å². The molecule has 27 heavy (non-hydrogen) atoms. The highest BCUT2D eigenvalue weighted by atomic mass is 32.2. The van der Waals surface area contributed by atoms with Crippen molar-refractivity contribution in [3.05, 3.63) is 30.1 Å². The molecule has 148 valence electrons. The number of carbonyl (C=O) groups is 1. The van der Waals surface area contributed by atoms with Crippen molar-refractivity contribution in [2.75, 3.05) is 58.3 Å². The van der Waals surface area contributed by atoms with Gasteiger partial charge in [0.05, 0.1) is 50.3 Å². The zero-order valence-electron chi connectivity index (χ0n) is 15.2. The van der Waals surface area contributed by atoms with E-state index in [1.165, 1.54) is 0 Å². The van der Waals surface area contributed by atoms with Gasteiger partial charge in [-0.3, -0.25) is 14.7 Å². The summed E-state index contributed by atoms with van der Waals surface area (Å²) >= 11 is 0. The molecule has 4 rings (SSSR count). The first-order chi connectivity index (χ1) is 13.0. The summed E-state index contributed by atoms with van der Waals surface area (Å²) < 4.78 is 36.8. The molecule has 1 atom stereocenters. The van der Waals surface area contributed by atoms with Gasteiger partial charge in [0.25, 0.3) is 0 Å². The minimum absolute atomic E-state index is 0.0115. The van der Waals surface area contributed by atoms with Crippen LogP contribution in [-0.2, 0) is 30.5 Å². The van der Waals surface area contributed by atoms with Crippen molar-refractivity contribution in [2.24, 2.45) is 0 Å². The quantitative estimate of drug-likeness (QED) is 0.669. The summed E-state index contributed by atoms with van der Waals surface area (Å²) in [6.07, 6.45) is 1.88.